The fourth-order valence-electron chi connectivity index (χ4n) is 3.59. The number of aromatic nitrogens is 3. The molecule has 0 N–H and O–H groups in total. The van der Waals surface area contributed by atoms with E-state index in [1.54, 1.807) is 18.4 Å². The molecule has 0 unspecified atom stereocenters. The van der Waals surface area contributed by atoms with Crippen molar-refractivity contribution < 1.29 is 9.53 Å². The molecular formula is C20H22N4O2S. The first kappa shape index (κ1) is 17.7. The van der Waals surface area contributed by atoms with E-state index < -0.39 is 0 Å². The lowest BCUT2D eigenvalue weighted by Gasteiger charge is -2.32. The van der Waals surface area contributed by atoms with Crippen LogP contribution in [-0.4, -0.2) is 45.5 Å². The van der Waals surface area contributed by atoms with E-state index in [0.717, 1.165) is 43.2 Å². The number of hydrogen-bond acceptors (Lipinski definition) is 5. The minimum Gasteiger partial charge on any atom is -0.497 e. The van der Waals surface area contributed by atoms with Crippen molar-refractivity contribution in [2.24, 2.45) is 0 Å². The smallest absolute Gasteiger partial charge is 0.253 e. The van der Waals surface area contributed by atoms with Crippen molar-refractivity contribution in [2.45, 2.75) is 25.3 Å². The van der Waals surface area contributed by atoms with Gasteiger partial charge in [0.2, 0.25) is 0 Å². The number of ether oxygens (including phenoxy) is 1. The zero-order valence-corrected chi connectivity index (χ0v) is 16.1. The van der Waals surface area contributed by atoms with Crippen LogP contribution in [-0.2, 0) is 6.54 Å². The molecular weight excluding hydrogens is 360 g/mol. The molecule has 3 heterocycles. The molecule has 1 fully saturated rings. The van der Waals surface area contributed by atoms with E-state index in [1.807, 2.05) is 47.1 Å². The Bertz CT molecular complexity index is 889. The van der Waals surface area contributed by atoms with Gasteiger partial charge in [0, 0.05) is 42.3 Å². The minimum absolute atomic E-state index is 0.0694. The van der Waals surface area contributed by atoms with E-state index in [4.69, 9.17) is 4.74 Å². The van der Waals surface area contributed by atoms with Gasteiger partial charge in [-0.15, -0.1) is 11.3 Å². The summed E-state index contributed by atoms with van der Waals surface area (Å²) in [5, 5.41) is 2.06. The molecule has 1 aliphatic rings. The summed E-state index contributed by atoms with van der Waals surface area (Å²) >= 11 is 1.60. The Kier molecular flexibility index (Phi) is 5.20. The third-order valence-electron chi connectivity index (χ3n) is 4.97. The molecule has 2 aromatic heterocycles. The van der Waals surface area contributed by atoms with Crippen LogP contribution in [0.15, 0.2) is 47.5 Å². The Morgan fingerprint density at radius 2 is 2.15 bits per heavy atom. The van der Waals surface area contributed by atoms with Gasteiger partial charge in [-0.3, -0.25) is 4.79 Å². The Balaban J connectivity index is 1.48. The van der Waals surface area contributed by atoms with Crippen LogP contribution in [0.5, 0.6) is 5.75 Å². The summed E-state index contributed by atoms with van der Waals surface area (Å²) < 4.78 is 7.33. The summed E-state index contributed by atoms with van der Waals surface area (Å²) in [7, 11) is 1.62. The van der Waals surface area contributed by atoms with Crippen LogP contribution in [0.3, 0.4) is 0 Å². The Hall–Kier alpha value is -2.67. The lowest BCUT2D eigenvalue weighted by atomic mass is 9.96. The predicted molar refractivity (Wildman–Crippen MR) is 104 cm³/mol. The molecule has 0 spiro atoms. The van der Waals surface area contributed by atoms with Crippen LogP contribution in [0, 0.1) is 0 Å². The highest BCUT2D eigenvalue weighted by molar-refractivity contribution is 7.07. The summed E-state index contributed by atoms with van der Waals surface area (Å²) in [6, 6.07) is 7.31. The van der Waals surface area contributed by atoms with E-state index in [0.29, 0.717) is 12.1 Å². The molecule has 1 saturated heterocycles. The van der Waals surface area contributed by atoms with Crippen LogP contribution in [0.2, 0.25) is 0 Å². The third kappa shape index (κ3) is 3.88. The average molecular weight is 382 g/mol. The molecule has 1 atom stereocenters. The van der Waals surface area contributed by atoms with Gasteiger partial charge in [-0.2, -0.15) is 0 Å². The molecule has 0 radical (unpaired) electrons. The zero-order chi connectivity index (χ0) is 18.6. The maximum absolute atomic E-state index is 12.9. The van der Waals surface area contributed by atoms with Crippen molar-refractivity contribution in [1.29, 1.82) is 0 Å². The van der Waals surface area contributed by atoms with Gasteiger partial charge in [0.05, 0.1) is 24.9 Å². The van der Waals surface area contributed by atoms with Crippen molar-refractivity contribution in [1.82, 2.24) is 19.4 Å². The second kappa shape index (κ2) is 7.92. The van der Waals surface area contributed by atoms with Crippen molar-refractivity contribution in [3.8, 4) is 5.75 Å². The monoisotopic (exact) mass is 382 g/mol. The summed E-state index contributed by atoms with van der Waals surface area (Å²) in [5.41, 5.74) is 3.59. The van der Waals surface area contributed by atoms with Gasteiger partial charge in [-0.1, -0.05) is 0 Å². The second-order valence-electron chi connectivity index (χ2n) is 6.71. The molecule has 0 aliphatic carbocycles. The highest BCUT2D eigenvalue weighted by Gasteiger charge is 2.28. The number of rotatable bonds is 5. The Morgan fingerprint density at radius 3 is 2.89 bits per heavy atom. The molecule has 7 heteroatoms. The molecule has 1 aromatic carbocycles. The number of amides is 1. The highest BCUT2D eigenvalue weighted by atomic mass is 32.1. The largest absolute Gasteiger partial charge is 0.497 e. The number of piperidine rings is 1. The van der Waals surface area contributed by atoms with Crippen molar-refractivity contribution >= 4 is 17.2 Å². The van der Waals surface area contributed by atoms with Gasteiger partial charge >= 0.3 is 0 Å². The fourth-order valence-corrected chi connectivity index (χ4v) is 4.14. The molecule has 27 heavy (non-hydrogen) atoms. The van der Waals surface area contributed by atoms with Crippen LogP contribution in [0.25, 0.3) is 0 Å². The summed E-state index contributed by atoms with van der Waals surface area (Å²) in [5.74, 6) is 2.11. The van der Waals surface area contributed by atoms with E-state index in [-0.39, 0.29) is 11.8 Å². The molecule has 6 nitrogen and oxygen atoms in total. The average Bonchev–Trinajstić information content (AvgIpc) is 3.40. The number of carbonyl (C=O) groups excluding carboxylic acids is 1. The molecule has 1 amide bonds. The molecule has 1 aliphatic heterocycles. The lowest BCUT2D eigenvalue weighted by Crippen LogP contribution is -2.39. The van der Waals surface area contributed by atoms with E-state index in [2.05, 4.69) is 19.9 Å². The van der Waals surface area contributed by atoms with Crippen molar-refractivity contribution in [3.05, 3.63) is 64.6 Å². The SMILES string of the molecule is COc1ccc(C(=O)N2CCC[C@@H](c3nccn3Cc3cscn3)C2)cc1. The molecule has 4 rings (SSSR count). The van der Waals surface area contributed by atoms with Gasteiger partial charge in [0.1, 0.15) is 11.6 Å². The lowest BCUT2D eigenvalue weighted by molar-refractivity contribution is 0.0703. The number of carbonyl (C=O) groups is 1. The third-order valence-corrected chi connectivity index (χ3v) is 5.61. The van der Waals surface area contributed by atoms with E-state index in [1.165, 1.54) is 0 Å². The van der Waals surface area contributed by atoms with Crippen LogP contribution < -0.4 is 4.74 Å². The highest BCUT2D eigenvalue weighted by Crippen LogP contribution is 2.27. The first-order valence-corrected chi connectivity index (χ1v) is 10.0. The summed E-state index contributed by atoms with van der Waals surface area (Å²) in [4.78, 5) is 23.8. The number of hydrogen-bond donors (Lipinski definition) is 0. The number of imidazole rings is 1. The molecule has 3 aromatic rings. The number of methoxy groups -OCH3 is 1. The first-order chi connectivity index (χ1) is 13.2. The number of likely N-dealkylation sites (tertiary alicyclic amines) is 1. The normalized spacial score (nSPS) is 17.1. The quantitative estimate of drug-likeness (QED) is 0.678. The molecule has 0 saturated carbocycles. The molecule has 0 bridgehead atoms. The summed E-state index contributed by atoms with van der Waals surface area (Å²) in [6.07, 6.45) is 5.86. The minimum atomic E-state index is 0.0694. The zero-order valence-electron chi connectivity index (χ0n) is 15.2. The van der Waals surface area contributed by atoms with Gasteiger partial charge in [0.15, 0.2) is 0 Å². The van der Waals surface area contributed by atoms with Crippen molar-refractivity contribution in [3.63, 3.8) is 0 Å². The van der Waals surface area contributed by atoms with Gasteiger partial charge in [0.25, 0.3) is 5.91 Å². The Morgan fingerprint density at radius 1 is 1.30 bits per heavy atom. The standard InChI is InChI=1S/C20H22N4O2S/c1-26-18-6-4-15(5-7-18)20(25)24-9-2-3-16(11-24)19-21-8-10-23(19)12-17-13-27-14-22-17/h4-8,10,13-14,16H,2-3,9,11-12H2,1H3/t16-/m1/s1. The van der Waals surface area contributed by atoms with Crippen LogP contribution in [0.1, 0.15) is 40.6 Å². The van der Waals surface area contributed by atoms with Gasteiger partial charge in [-0.25, -0.2) is 9.97 Å². The number of nitrogens with zero attached hydrogens (tertiary/aromatic N) is 4. The maximum atomic E-state index is 12.9. The first-order valence-electron chi connectivity index (χ1n) is 9.06. The Labute approximate surface area is 162 Å². The summed E-state index contributed by atoms with van der Waals surface area (Å²) in [6.45, 7) is 2.20. The van der Waals surface area contributed by atoms with Crippen LogP contribution >= 0.6 is 11.3 Å². The van der Waals surface area contributed by atoms with Gasteiger partial charge in [-0.05, 0) is 37.1 Å². The maximum Gasteiger partial charge on any atom is 0.253 e. The number of benzene rings is 1. The number of thiazole rings is 1. The van der Waals surface area contributed by atoms with Crippen LogP contribution in [0.4, 0.5) is 0 Å². The van der Waals surface area contributed by atoms with Gasteiger partial charge < -0.3 is 14.2 Å². The fraction of sp³-hybridized carbons (Fsp3) is 0.350. The predicted octanol–water partition coefficient (Wildman–Crippen LogP) is 3.42. The van der Waals surface area contributed by atoms with Crippen molar-refractivity contribution in [2.75, 3.05) is 20.2 Å². The topological polar surface area (TPSA) is 60.2 Å². The van der Waals surface area contributed by atoms with E-state index >= 15 is 0 Å². The molecule has 140 valence electrons. The second-order valence-corrected chi connectivity index (χ2v) is 7.43. The van der Waals surface area contributed by atoms with E-state index in [9.17, 15) is 4.79 Å².